The van der Waals surface area contributed by atoms with Crippen LogP contribution in [-0.4, -0.2) is 12.6 Å². The SMILES string of the molecule is CCOC(=O)/C=C(\C)[C@@H]1C[C@@H]1c1ccccc1. The van der Waals surface area contributed by atoms with E-state index in [0.717, 1.165) is 12.0 Å². The summed E-state index contributed by atoms with van der Waals surface area (Å²) in [5.41, 5.74) is 2.51. The van der Waals surface area contributed by atoms with E-state index in [1.165, 1.54) is 5.56 Å². The lowest BCUT2D eigenvalue weighted by Crippen LogP contribution is -2.01. The summed E-state index contributed by atoms with van der Waals surface area (Å²) in [5.74, 6) is 0.882. The maximum Gasteiger partial charge on any atom is 0.330 e. The van der Waals surface area contributed by atoms with E-state index in [4.69, 9.17) is 4.74 Å². The van der Waals surface area contributed by atoms with Gasteiger partial charge in [0.05, 0.1) is 6.61 Å². The zero-order chi connectivity index (χ0) is 12.3. The first-order valence-electron chi connectivity index (χ1n) is 6.12. The molecule has 0 radical (unpaired) electrons. The van der Waals surface area contributed by atoms with E-state index in [1.54, 1.807) is 6.08 Å². The van der Waals surface area contributed by atoms with Crippen LogP contribution in [0.15, 0.2) is 42.0 Å². The minimum Gasteiger partial charge on any atom is -0.463 e. The zero-order valence-corrected chi connectivity index (χ0v) is 10.3. The Morgan fingerprint density at radius 3 is 2.76 bits per heavy atom. The largest absolute Gasteiger partial charge is 0.463 e. The topological polar surface area (TPSA) is 26.3 Å². The molecule has 0 heterocycles. The minimum atomic E-state index is -0.219. The highest BCUT2D eigenvalue weighted by atomic mass is 16.5. The van der Waals surface area contributed by atoms with Crippen LogP contribution in [0.1, 0.15) is 31.7 Å². The van der Waals surface area contributed by atoms with Gasteiger partial charge in [-0.15, -0.1) is 0 Å². The monoisotopic (exact) mass is 230 g/mol. The molecule has 2 atom stereocenters. The minimum absolute atomic E-state index is 0.219. The first-order valence-corrected chi connectivity index (χ1v) is 6.12. The number of carbonyl (C=O) groups is 1. The summed E-state index contributed by atoms with van der Waals surface area (Å²) in [5, 5.41) is 0. The lowest BCUT2D eigenvalue weighted by molar-refractivity contribution is -0.137. The third-order valence-corrected chi connectivity index (χ3v) is 3.24. The Morgan fingerprint density at radius 2 is 2.12 bits per heavy atom. The lowest BCUT2D eigenvalue weighted by Gasteiger charge is -2.01. The third kappa shape index (κ3) is 2.96. The van der Waals surface area contributed by atoms with Crippen molar-refractivity contribution in [3.8, 4) is 0 Å². The molecule has 0 aromatic heterocycles. The Balaban J connectivity index is 1.97. The molecule has 1 aromatic carbocycles. The van der Waals surface area contributed by atoms with E-state index in [2.05, 4.69) is 24.3 Å². The summed E-state index contributed by atoms with van der Waals surface area (Å²) in [6.45, 7) is 4.28. The molecule has 0 amide bonds. The van der Waals surface area contributed by atoms with Crippen LogP contribution >= 0.6 is 0 Å². The van der Waals surface area contributed by atoms with Crippen LogP contribution in [-0.2, 0) is 9.53 Å². The fourth-order valence-corrected chi connectivity index (χ4v) is 2.24. The molecule has 0 spiro atoms. The standard InChI is InChI=1S/C15H18O2/c1-3-17-15(16)9-11(2)13-10-14(13)12-7-5-4-6-8-12/h4-9,13-14H,3,10H2,1-2H3/b11-9+/t13-,14+/m0/s1. The molecule has 90 valence electrons. The second kappa shape index (κ2) is 5.17. The Hall–Kier alpha value is -1.57. The fraction of sp³-hybridized carbons (Fsp3) is 0.400. The van der Waals surface area contributed by atoms with E-state index < -0.39 is 0 Å². The van der Waals surface area contributed by atoms with Crippen molar-refractivity contribution in [3.63, 3.8) is 0 Å². The molecule has 0 bridgehead atoms. The molecule has 17 heavy (non-hydrogen) atoms. The molecule has 1 aliphatic carbocycles. The number of esters is 1. The molecular formula is C15H18O2. The van der Waals surface area contributed by atoms with Gasteiger partial charge in [0.25, 0.3) is 0 Å². The number of rotatable bonds is 4. The molecule has 2 nitrogen and oxygen atoms in total. The van der Waals surface area contributed by atoms with Gasteiger partial charge >= 0.3 is 5.97 Å². The van der Waals surface area contributed by atoms with E-state index in [0.29, 0.717) is 18.4 Å². The van der Waals surface area contributed by atoms with E-state index in [1.807, 2.05) is 19.9 Å². The summed E-state index contributed by atoms with van der Waals surface area (Å²) in [7, 11) is 0. The van der Waals surface area contributed by atoms with Crippen LogP contribution < -0.4 is 0 Å². The Morgan fingerprint density at radius 1 is 1.41 bits per heavy atom. The van der Waals surface area contributed by atoms with Gasteiger partial charge < -0.3 is 4.74 Å². The molecule has 1 fully saturated rings. The van der Waals surface area contributed by atoms with Gasteiger partial charge in [0.2, 0.25) is 0 Å². The predicted octanol–water partition coefficient (Wildman–Crippen LogP) is 3.30. The molecule has 0 saturated heterocycles. The number of carbonyl (C=O) groups excluding carboxylic acids is 1. The van der Waals surface area contributed by atoms with Crippen LogP contribution in [0.3, 0.4) is 0 Å². The van der Waals surface area contributed by atoms with Gasteiger partial charge in [-0.25, -0.2) is 4.79 Å². The van der Waals surface area contributed by atoms with Crippen molar-refractivity contribution in [2.75, 3.05) is 6.61 Å². The predicted molar refractivity (Wildman–Crippen MR) is 67.7 cm³/mol. The van der Waals surface area contributed by atoms with Gasteiger partial charge in [0, 0.05) is 6.08 Å². The Bertz CT molecular complexity index is 420. The molecule has 1 aliphatic rings. The third-order valence-electron chi connectivity index (χ3n) is 3.24. The molecular weight excluding hydrogens is 212 g/mol. The van der Waals surface area contributed by atoms with E-state index in [-0.39, 0.29) is 5.97 Å². The summed E-state index contributed by atoms with van der Waals surface area (Å²) in [6, 6.07) is 10.5. The second-order valence-electron chi connectivity index (χ2n) is 4.50. The van der Waals surface area contributed by atoms with Gasteiger partial charge in [-0.05, 0) is 37.7 Å². The maximum atomic E-state index is 11.3. The van der Waals surface area contributed by atoms with Crippen LogP contribution in [0.2, 0.25) is 0 Å². The van der Waals surface area contributed by atoms with Crippen molar-refractivity contribution < 1.29 is 9.53 Å². The summed E-state index contributed by atoms with van der Waals surface area (Å²) < 4.78 is 4.92. The maximum absolute atomic E-state index is 11.3. The van der Waals surface area contributed by atoms with Crippen molar-refractivity contribution in [2.45, 2.75) is 26.2 Å². The van der Waals surface area contributed by atoms with Crippen LogP contribution in [0, 0.1) is 5.92 Å². The highest BCUT2D eigenvalue weighted by molar-refractivity contribution is 5.82. The highest BCUT2D eigenvalue weighted by Gasteiger charge is 2.39. The van der Waals surface area contributed by atoms with Crippen LogP contribution in [0.25, 0.3) is 0 Å². The van der Waals surface area contributed by atoms with Crippen molar-refractivity contribution in [1.82, 2.24) is 0 Å². The molecule has 0 N–H and O–H groups in total. The van der Waals surface area contributed by atoms with Crippen LogP contribution in [0.5, 0.6) is 0 Å². The van der Waals surface area contributed by atoms with Gasteiger partial charge in [-0.1, -0.05) is 35.9 Å². The number of allylic oxidation sites excluding steroid dienone is 1. The van der Waals surface area contributed by atoms with E-state index >= 15 is 0 Å². The van der Waals surface area contributed by atoms with Gasteiger partial charge in [0.15, 0.2) is 0 Å². The molecule has 0 unspecified atom stereocenters. The fourth-order valence-electron chi connectivity index (χ4n) is 2.24. The Labute approximate surface area is 102 Å². The molecule has 2 heteroatoms. The second-order valence-corrected chi connectivity index (χ2v) is 4.50. The molecule has 0 aliphatic heterocycles. The molecule has 1 saturated carbocycles. The van der Waals surface area contributed by atoms with Gasteiger partial charge in [0.1, 0.15) is 0 Å². The number of ether oxygens (including phenoxy) is 1. The summed E-state index contributed by atoms with van der Waals surface area (Å²) in [6.07, 6.45) is 2.78. The van der Waals surface area contributed by atoms with Crippen LogP contribution in [0.4, 0.5) is 0 Å². The average molecular weight is 230 g/mol. The van der Waals surface area contributed by atoms with Crippen molar-refractivity contribution >= 4 is 5.97 Å². The Kier molecular flexibility index (Phi) is 3.62. The normalized spacial score (nSPS) is 23.3. The molecule has 1 aromatic rings. The number of benzene rings is 1. The smallest absolute Gasteiger partial charge is 0.330 e. The van der Waals surface area contributed by atoms with Crippen molar-refractivity contribution in [1.29, 1.82) is 0 Å². The molecule has 2 rings (SSSR count). The highest BCUT2D eigenvalue weighted by Crippen LogP contribution is 2.51. The van der Waals surface area contributed by atoms with Gasteiger partial charge in [-0.2, -0.15) is 0 Å². The van der Waals surface area contributed by atoms with E-state index in [9.17, 15) is 4.79 Å². The van der Waals surface area contributed by atoms with Gasteiger partial charge in [-0.3, -0.25) is 0 Å². The van der Waals surface area contributed by atoms with Crippen molar-refractivity contribution in [2.24, 2.45) is 5.92 Å². The first kappa shape index (κ1) is 11.9. The summed E-state index contributed by atoms with van der Waals surface area (Å²) >= 11 is 0. The quantitative estimate of drug-likeness (QED) is 0.586. The average Bonchev–Trinajstić information content (AvgIpc) is 3.10. The lowest BCUT2D eigenvalue weighted by atomic mass is 10.1. The number of hydrogen-bond acceptors (Lipinski definition) is 2. The number of hydrogen-bond donors (Lipinski definition) is 0. The first-order chi connectivity index (χ1) is 8.22. The van der Waals surface area contributed by atoms with Crippen molar-refractivity contribution in [3.05, 3.63) is 47.5 Å². The zero-order valence-electron chi connectivity index (χ0n) is 10.3. The summed E-state index contributed by atoms with van der Waals surface area (Å²) in [4.78, 5) is 11.3.